The van der Waals surface area contributed by atoms with E-state index < -0.39 is 5.41 Å². The molecular weight excluding hydrogens is 386 g/mol. The summed E-state index contributed by atoms with van der Waals surface area (Å²) in [5, 5.41) is 16.7. The Morgan fingerprint density at radius 3 is 2.77 bits per heavy atom. The fraction of sp³-hybridized carbons (Fsp3) is 0.440. The lowest BCUT2D eigenvalue weighted by Gasteiger charge is -2.47. The van der Waals surface area contributed by atoms with Gasteiger partial charge in [-0.1, -0.05) is 39.0 Å². The molecule has 0 spiro atoms. The van der Waals surface area contributed by atoms with Crippen LogP contribution in [0.4, 0.5) is 0 Å². The van der Waals surface area contributed by atoms with Crippen molar-refractivity contribution < 1.29 is 4.79 Å². The van der Waals surface area contributed by atoms with Crippen LogP contribution in [0.3, 0.4) is 0 Å². The molecule has 1 aromatic carbocycles. The Bertz CT molecular complexity index is 1160. The van der Waals surface area contributed by atoms with Crippen LogP contribution in [0.25, 0.3) is 11.3 Å². The highest BCUT2D eigenvalue weighted by molar-refractivity contribution is 6.01. The first-order valence-corrected chi connectivity index (χ1v) is 11.0. The largest absolute Gasteiger partial charge is 0.362 e. The third kappa shape index (κ3) is 2.84. The summed E-state index contributed by atoms with van der Waals surface area (Å²) in [5.41, 5.74) is 6.89. The van der Waals surface area contributed by atoms with Gasteiger partial charge in [-0.3, -0.25) is 9.48 Å². The number of Topliss-reactive ketones (excluding diaryl/α,β-unsaturated/α-hetero) is 1. The second-order valence-corrected chi connectivity index (χ2v) is 9.80. The standard InChI is InChI=1S/C25H29N5O/c1-6-25(17-9-7-8-16(10-17)22-15(2)13-27-30(22)5)18-14-26-29-23(18)28-19-11-24(3,4)12-20(31)21(19)25/h7-10,13-14,23,28H,6,11-12H2,1-5H3. The van der Waals surface area contributed by atoms with E-state index in [1.54, 1.807) is 0 Å². The first kappa shape index (κ1) is 19.9. The van der Waals surface area contributed by atoms with Crippen LogP contribution in [-0.2, 0) is 17.3 Å². The minimum Gasteiger partial charge on any atom is -0.362 e. The molecule has 0 radical (unpaired) electrons. The first-order chi connectivity index (χ1) is 14.8. The summed E-state index contributed by atoms with van der Waals surface area (Å²) in [6.07, 6.45) is 5.73. The smallest absolute Gasteiger partial charge is 0.164 e. The summed E-state index contributed by atoms with van der Waals surface area (Å²) in [6, 6.07) is 8.59. The van der Waals surface area contributed by atoms with Gasteiger partial charge in [-0.05, 0) is 42.4 Å². The highest BCUT2D eigenvalue weighted by atomic mass is 16.1. The molecule has 6 nitrogen and oxygen atoms in total. The van der Waals surface area contributed by atoms with E-state index in [0.29, 0.717) is 6.42 Å². The van der Waals surface area contributed by atoms with Crippen molar-refractivity contribution in [1.82, 2.24) is 15.1 Å². The highest BCUT2D eigenvalue weighted by Crippen LogP contribution is 2.54. The van der Waals surface area contributed by atoms with Crippen molar-refractivity contribution in [3.63, 3.8) is 0 Å². The second-order valence-electron chi connectivity index (χ2n) is 9.80. The molecule has 0 bridgehead atoms. The van der Waals surface area contributed by atoms with Gasteiger partial charge in [-0.25, -0.2) is 0 Å². The van der Waals surface area contributed by atoms with Gasteiger partial charge in [0.15, 0.2) is 11.9 Å². The summed E-state index contributed by atoms with van der Waals surface area (Å²) in [6.45, 7) is 8.57. The number of carbonyl (C=O) groups excluding carboxylic acids is 1. The Labute approximate surface area is 183 Å². The lowest BCUT2D eigenvalue weighted by Crippen LogP contribution is -2.51. The van der Waals surface area contributed by atoms with Gasteiger partial charge in [0.05, 0.1) is 23.5 Å². The number of benzene rings is 1. The monoisotopic (exact) mass is 415 g/mol. The first-order valence-electron chi connectivity index (χ1n) is 11.0. The topological polar surface area (TPSA) is 71.6 Å². The zero-order valence-corrected chi connectivity index (χ0v) is 18.9. The zero-order chi connectivity index (χ0) is 22.0. The molecule has 2 aliphatic heterocycles. The predicted molar refractivity (Wildman–Crippen MR) is 120 cm³/mol. The molecular formula is C25H29N5O. The van der Waals surface area contributed by atoms with Crippen molar-refractivity contribution in [2.24, 2.45) is 22.7 Å². The average molecular weight is 416 g/mol. The van der Waals surface area contributed by atoms with Crippen molar-refractivity contribution in [3.05, 3.63) is 64.6 Å². The maximum atomic E-state index is 13.6. The molecule has 1 N–H and O–H groups in total. The number of fused-ring (bicyclic) bond motifs is 1. The molecule has 3 aliphatic rings. The Hall–Kier alpha value is -3.02. The Morgan fingerprint density at radius 2 is 2.06 bits per heavy atom. The number of nitrogens with zero attached hydrogens (tertiary/aromatic N) is 4. The van der Waals surface area contributed by atoms with E-state index in [1.807, 2.05) is 24.1 Å². The van der Waals surface area contributed by atoms with Crippen molar-refractivity contribution >= 4 is 5.78 Å². The second kappa shape index (κ2) is 6.74. The SMILES string of the molecule is CCC1(c2cccc(-c3c(C)cnn3C)c2)C2=CN=NC2NC2=C1C(=O)CC(C)(C)C2. The van der Waals surface area contributed by atoms with Crippen LogP contribution in [-0.4, -0.2) is 21.7 Å². The van der Waals surface area contributed by atoms with Gasteiger partial charge in [0.1, 0.15) is 0 Å². The van der Waals surface area contributed by atoms with E-state index in [1.165, 1.54) is 0 Å². The van der Waals surface area contributed by atoms with Crippen molar-refractivity contribution in [1.29, 1.82) is 0 Å². The summed E-state index contributed by atoms with van der Waals surface area (Å²) < 4.78 is 1.91. The molecule has 5 rings (SSSR count). The van der Waals surface area contributed by atoms with Crippen molar-refractivity contribution in [2.45, 2.75) is 58.5 Å². The fourth-order valence-corrected chi connectivity index (χ4v) is 5.78. The summed E-state index contributed by atoms with van der Waals surface area (Å²) in [5.74, 6) is 0.231. The molecule has 6 heteroatoms. The van der Waals surface area contributed by atoms with Gasteiger partial charge in [-0.2, -0.15) is 15.3 Å². The van der Waals surface area contributed by atoms with Crippen LogP contribution in [0.15, 0.2) is 63.7 Å². The number of azo groups is 1. The molecule has 0 amide bonds. The quantitative estimate of drug-likeness (QED) is 0.770. The highest BCUT2D eigenvalue weighted by Gasteiger charge is 2.53. The summed E-state index contributed by atoms with van der Waals surface area (Å²) >= 11 is 0. The maximum absolute atomic E-state index is 13.6. The third-order valence-electron chi connectivity index (χ3n) is 7.06. The van der Waals surface area contributed by atoms with Gasteiger partial charge in [0, 0.05) is 35.9 Å². The third-order valence-corrected chi connectivity index (χ3v) is 7.06. The van der Waals surface area contributed by atoms with E-state index in [9.17, 15) is 4.79 Å². The lowest BCUT2D eigenvalue weighted by molar-refractivity contribution is -0.119. The molecule has 2 atom stereocenters. The molecule has 31 heavy (non-hydrogen) atoms. The number of aromatic nitrogens is 2. The predicted octanol–water partition coefficient (Wildman–Crippen LogP) is 4.97. The van der Waals surface area contributed by atoms with Crippen molar-refractivity contribution in [3.8, 4) is 11.3 Å². The van der Waals surface area contributed by atoms with Gasteiger partial charge in [-0.15, -0.1) is 0 Å². The van der Waals surface area contributed by atoms with Gasteiger partial charge >= 0.3 is 0 Å². The van der Waals surface area contributed by atoms with Crippen LogP contribution < -0.4 is 5.32 Å². The van der Waals surface area contributed by atoms with Crippen LogP contribution in [0.2, 0.25) is 0 Å². The van der Waals surface area contributed by atoms with E-state index in [0.717, 1.165) is 52.1 Å². The number of carbonyl (C=O) groups is 1. The Morgan fingerprint density at radius 1 is 1.26 bits per heavy atom. The van der Waals surface area contributed by atoms with Crippen LogP contribution in [0.1, 0.15) is 51.2 Å². The number of hydrogen-bond donors (Lipinski definition) is 1. The molecule has 3 heterocycles. The Balaban J connectivity index is 1.76. The van der Waals surface area contributed by atoms with Crippen LogP contribution >= 0.6 is 0 Å². The van der Waals surface area contributed by atoms with E-state index in [4.69, 9.17) is 0 Å². The number of nitrogens with one attached hydrogen (secondary N) is 1. The normalized spacial score (nSPS) is 26.4. The van der Waals surface area contributed by atoms with Gasteiger partial charge < -0.3 is 5.32 Å². The molecule has 2 aromatic rings. The molecule has 0 fully saturated rings. The molecule has 0 saturated carbocycles. The van der Waals surface area contributed by atoms with Crippen molar-refractivity contribution in [2.75, 3.05) is 0 Å². The number of hydrogen-bond acceptors (Lipinski definition) is 5. The number of allylic oxidation sites excluding steroid dienone is 2. The maximum Gasteiger partial charge on any atom is 0.164 e. The molecule has 0 saturated heterocycles. The number of rotatable bonds is 3. The molecule has 1 aromatic heterocycles. The molecule has 2 unspecified atom stereocenters. The van der Waals surface area contributed by atoms with Crippen LogP contribution in [0.5, 0.6) is 0 Å². The summed E-state index contributed by atoms with van der Waals surface area (Å²) in [4.78, 5) is 13.6. The number of aryl methyl sites for hydroxylation is 2. The zero-order valence-electron chi connectivity index (χ0n) is 18.9. The average Bonchev–Trinajstić information content (AvgIpc) is 3.31. The van der Waals surface area contributed by atoms with E-state index in [-0.39, 0.29) is 17.4 Å². The molecule has 1 aliphatic carbocycles. The minimum atomic E-state index is -0.523. The fourth-order valence-electron chi connectivity index (χ4n) is 5.78. The van der Waals surface area contributed by atoms with Gasteiger partial charge in [0.25, 0.3) is 0 Å². The number of ketones is 1. The molecule has 160 valence electrons. The Kier molecular flexibility index (Phi) is 4.33. The minimum absolute atomic E-state index is 0.0625. The van der Waals surface area contributed by atoms with E-state index in [2.05, 4.69) is 72.6 Å². The van der Waals surface area contributed by atoms with Crippen LogP contribution in [0, 0.1) is 12.3 Å². The van der Waals surface area contributed by atoms with Gasteiger partial charge in [0.2, 0.25) is 0 Å². The lowest BCUT2D eigenvalue weighted by atomic mass is 9.58. The summed E-state index contributed by atoms with van der Waals surface area (Å²) in [7, 11) is 1.97. The van der Waals surface area contributed by atoms with E-state index >= 15 is 0 Å².